The van der Waals surface area contributed by atoms with Crippen LogP contribution in [0.15, 0.2) is 36.5 Å². The minimum atomic E-state index is -0.617. The van der Waals surface area contributed by atoms with E-state index in [4.69, 9.17) is 5.73 Å². The van der Waals surface area contributed by atoms with Crippen molar-refractivity contribution in [2.75, 3.05) is 5.32 Å². The van der Waals surface area contributed by atoms with E-state index in [1.54, 1.807) is 0 Å². The van der Waals surface area contributed by atoms with Crippen molar-refractivity contribution < 1.29 is 14.8 Å². The standard InChI is InChI=1S/C13H12N4O4/c14-7-9-5-8(3-4-15-9)13(19)16-11-6-10(17(20)21)1-2-12(11)18/h1-6,18H,7,14H2,(H,16,19). The quantitative estimate of drug-likeness (QED) is 0.442. The normalized spacial score (nSPS) is 10.1. The van der Waals surface area contributed by atoms with Gasteiger partial charge in [-0.25, -0.2) is 0 Å². The smallest absolute Gasteiger partial charge is 0.271 e. The molecule has 2 rings (SSSR count). The highest BCUT2D eigenvalue weighted by molar-refractivity contribution is 6.05. The molecule has 8 heteroatoms. The Kier molecular flexibility index (Phi) is 4.10. The zero-order chi connectivity index (χ0) is 15.4. The van der Waals surface area contributed by atoms with E-state index in [1.807, 2.05) is 0 Å². The van der Waals surface area contributed by atoms with Gasteiger partial charge in [0, 0.05) is 30.4 Å². The highest BCUT2D eigenvalue weighted by Gasteiger charge is 2.14. The van der Waals surface area contributed by atoms with E-state index in [0.717, 1.165) is 18.2 Å². The van der Waals surface area contributed by atoms with Crippen LogP contribution in [-0.4, -0.2) is 20.9 Å². The van der Waals surface area contributed by atoms with Gasteiger partial charge in [-0.3, -0.25) is 19.9 Å². The first-order chi connectivity index (χ1) is 10.0. The number of non-ortho nitro benzene ring substituents is 1. The van der Waals surface area contributed by atoms with E-state index in [0.29, 0.717) is 5.69 Å². The number of nitrogens with two attached hydrogens (primary N) is 1. The molecule has 0 spiro atoms. The van der Waals surface area contributed by atoms with Crippen LogP contribution >= 0.6 is 0 Å². The third kappa shape index (κ3) is 3.31. The lowest BCUT2D eigenvalue weighted by atomic mass is 10.2. The van der Waals surface area contributed by atoms with Gasteiger partial charge in [0.1, 0.15) is 5.75 Å². The number of aromatic hydroxyl groups is 1. The Morgan fingerprint density at radius 3 is 2.81 bits per heavy atom. The van der Waals surface area contributed by atoms with Crippen LogP contribution < -0.4 is 11.1 Å². The average molecular weight is 288 g/mol. The molecule has 0 bridgehead atoms. The Bertz CT molecular complexity index is 702. The molecule has 0 unspecified atom stereocenters. The van der Waals surface area contributed by atoms with Crippen molar-refractivity contribution in [3.8, 4) is 5.75 Å². The summed E-state index contributed by atoms with van der Waals surface area (Å²) in [5.41, 5.74) is 5.98. The Balaban J connectivity index is 2.26. The van der Waals surface area contributed by atoms with E-state index in [2.05, 4.69) is 10.3 Å². The second-order valence-corrected chi connectivity index (χ2v) is 4.15. The monoisotopic (exact) mass is 288 g/mol. The van der Waals surface area contributed by atoms with Crippen molar-refractivity contribution in [2.45, 2.75) is 6.54 Å². The highest BCUT2D eigenvalue weighted by atomic mass is 16.6. The van der Waals surface area contributed by atoms with Crippen molar-refractivity contribution in [1.82, 2.24) is 4.98 Å². The van der Waals surface area contributed by atoms with Crippen molar-refractivity contribution >= 4 is 17.3 Å². The molecule has 0 saturated carbocycles. The van der Waals surface area contributed by atoms with E-state index >= 15 is 0 Å². The fourth-order valence-corrected chi connectivity index (χ4v) is 1.66. The number of benzene rings is 1. The minimum Gasteiger partial charge on any atom is -0.506 e. The number of nitrogens with zero attached hydrogens (tertiary/aromatic N) is 2. The molecule has 1 aromatic heterocycles. The van der Waals surface area contributed by atoms with E-state index < -0.39 is 10.8 Å². The summed E-state index contributed by atoms with van der Waals surface area (Å²) in [6.45, 7) is 0.184. The molecular formula is C13H12N4O4. The summed E-state index contributed by atoms with van der Waals surface area (Å²) in [5, 5.41) is 22.7. The number of nitrogens with one attached hydrogen (secondary N) is 1. The number of phenols is 1. The molecule has 0 fully saturated rings. The summed E-state index contributed by atoms with van der Waals surface area (Å²) in [6.07, 6.45) is 1.43. The summed E-state index contributed by atoms with van der Waals surface area (Å²) in [6, 6.07) is 6.35. The molecular weight excluding hydrogens is 276 g/mol. The number of carbonyl (C=O) groups excluding carboxylic acids is 1. The lowest BCUT2D eigenvalue weighted by Crippen LogP contribution is -2.13. The van der Waals surface area contributed by atoms with Gasteiger partial charge < -0.3 is 16.2 Å². The zero-order valence-electron chi connectivity index (χ0n) is 10.8. The molecule has 108 valence electrons. The predicted octanol–water partition coefficient (Wildman–Crippen LogP) is 1.41. The Hall–Kier alpha value is -3.00. The molecule has 4 N–H and O–H groups in total. The number of phenolic OH excluding ortho intramolecular Hbond substituents is 1. The summed E-state index contributed by atoms with van der Waals surface area (Å²) in [7, 11) is 0. The largest absolute Gasteiger partial charge is 0.506 e. The maximum absolute atomic E-state index is 12.1. The van der Waals surface area contributed by atoms with Crippen molar-refractivity contribution in [2.24, 2.45) is 5.73 Å². The van der Waals surface area contributed by atoms with Gasteiger partial charge >= 0.3 is 0 Å². The van der Waals surface area contributed by atoms with Gasteiger partial charge in [-0.1, -0.05) is 0 Å². The third-order valence-corrected chi connectivity index (χ3v) is 2.73. The maximum atomic E-state index is 12.1. The van der Waals surface area contributed by atoms with Crippen LogP contribution in [0.25, 0.3) is 0 Å². The molecule has 0 saturated heterocycles. The average Bonchev–Trinajstić information content (AvgIpc) is 2.49. The van der Waals surface area contributed by atoms with Gasteiger partial charge in [0.05, 0.1) is 16.3 Å². The number of pyridine rings is 1. The lowest BCUT2D eigenvalue weighted by Gasteiger charge is -2.07. The van der Waals surface area contributed by atoms with Crippen LogP contribution in [0.3, 0.4) is 0 Å². The summed E-state index contributed by atoms with van der Waals surface area (Å²) in [5.74, 6) is -0.787. The van der Waals surface area contributed by atoms with E-state index in [-0.39, 0.29) is 29.2 Å². The minimum absolute atomic E-state index is 0.0414. The van der Waals surface area contributed by atoms with Gasteiger partial charge in [-0.2, -0.15) is 0 Å². The summed E-state index contributed by atoms with van der Waals surface area (Å²) >= 11 is 0. The zero-order valence-corrected chi connectivity index (χ0v) is 10.8. The first-order valence-corrected chi connectivity index (χ1v) is 5.95. The number of carbonyl (C=O) groups is 1. The molecule has 0 aliphatic heterocycles. The molecule has 0 aliphatic carbocycles. The molecule has 8 nitrogen and oxygen atoms in total. The number of anilines is 1. The van der Waals surface area contributed by atoms with Crippen LogP contribution in [-0.2, 0) is 6.54 Å². The molecule has 1 amide bonds. The van der Waals surface area contributed by atoms with Gasteiger partial charge in [-0.15, -0.1) is 0 Å². The molecule has 21 heavy (non-hydrogen) atoms. The second-order valence-electron chi connectivity index (χ2n) is 4.15. The van der Waals surface area contributed by atoms with Crippen molar-refractivity contribution in [3.63, 3.8) is 0 Å². The SMILES string of the molecule is NCc1cc(C(=O)Nc2cc([N+](=O)[O-])ccc2O)ccn1. The van der Waals surface area contributed by atoms with Crippen LogP contribution in [0.5, 0.6) is 5.75 Å². The summed E-state index contributed by atoms with van der Waals surface area (Å²) < 4.78 is 0. The topological polar surface area (TPSA) is 131 Å². The molecule has 2 aromatic rings. The van der Waals surface area contributed by atoms with E-state index in [1.165, 1.54) is 18.3 Å². The fourth-order valence-electron chi connectivity index (χ4n) is 1.66. The van der Waals surface area contributed by atoms with Gasteiger partial charge in [0.25, 0.3) is 11.6 Å². The number of nitro benzene ring substituents is 1. The van der Waals surface area contributed by atoms with Crippen molar-refractivity contribution in [3.05, 3.63) is 57.9 Å². The highest BCUT2D eigenvalue weighted by Crippen LogP contribution is 2.28. The Labute approximate surface area is 119 Å². The lowest BCUT2D eigenvalue weighted by molar-refractivity contribution is -0.384. The number of hydrogen-bond acceptors (Lipinski definition) is 6. The summed E-state index contributed by atoms with van der Waals surface area (Å²) in [4.78, 5) is 26.1. The van der Waals surface area contributed by atoms with Crippen LogP contribution in [0.1, 0.15) is 16.1 Å². The molecule has 0 atom stereocenters. The maximum Gasteiger partial charge on any atom is 0.271 e. The van der Waals surface area contributed by atoms with Crippen molar-refractivity contribution in [1.29, 1.82) is 0 Å². The Morgan fingerprint density at radius 1 is 1.38 bits per heavy atom. The third-order valence-electron chi connectivity index (χ3n) is 2.73. The van der Waals surface area contributed by atoms with Gasteiger partial charge in [0.15, 0.2) is 0 Å². The fraction of sp³-hybridized carbons (Fsp3) is 0.0769. The number of aromatic nitrogens is 1. The first kappa shape index (κ1) is 14.4. The van der Waals surface area contributed by atoms with Crippen LogP contribution in [0.4, 0.5) is 11.4 Å². The van der Waals surface area contributed by atoms with Gasteiger partial charge in [0.2, 0.25) is 0 Å². The number of amides is 1. The number of nitro groups is 1. The second kappa shape index (κ2) is 5.97. The first-order valence-electron chi connectivity index (χ1n) is 5.95. The number of rotatable bonds is 4. The number of hydrogen-bond donors (Lipinski definition) is 3. The van der Waals surface area contributed by atoms with Crippen LogP contribution in [0, 0.1) is 10.1 Å². The van der Waals surface area contributed by atoms with Crippen LogP contribution in [0.2, 0.25) is 0 Å². The predicted molar refractivity (Wildman–Crippen MR) is 74.8 cm³/mol. The molecule has 0 radical (unpaired) electrons. The molecule has 1 heterocycles. The van der Waals surface area contributed by atoms with Gasteiger partial charge in [-0.05, 0) is 18.2 Å². The van der Waals surface area contributed by atoms with E-state index in [9.17, 15) is 20.0 Å². The molecule has 0 aliphatic rings. The molecule has 1 aromatic carbocycles. The Morgan fingerprint density at radius 2 is 2.14 bits per heavy atom.